The minimum Gasteiger partial charge on any atom is -0.478 e. The van der Waals surface area contributed by atoms with Gasteiger partial charge in [-0.25, -0.2) is 4.79 Å². The number of halogens is 2. The lowest BCUT2D eigenvalue weighted by molar-refractivity contribution is -0.114. The van der Waals surface area contributed by atoms with Crippen molar-refractivity contribution in [3.8, 4) is 0 Å². The van der Waals surface area contributed by atoms with E-state index < -0.39 is 5.97 Å². The number of carbonyl (C=O) groups excluding carboxylic acids is 1. The molecule has 0 bridgehead atoms. The van der Waals surface area contributed by atoms with Crippen molar-refractivity contribution >= 4 is 62.7 Å². The summed E-state index contributed by atoms with van der Waals surface area (Å²) in [7, 11) is 0. The van der Waals surface area contributed by atoms with E-state index >= 15 is 0 Å². The average molecular weight is 431 g/mol. The van der Waals surface area contributed by atoms with Crippen LogP contribution in [0.2, 0.25) is 0 Å². The van der Waals surface area contributed by atoms with Crippen molar-refractivity contribution < 1.29 is 14.7 Å². The third-order valence-corrected chi connectivity index (χ3v) is 3.06. The van der Waals surface area contributed by atoms with Gasteiger partial charge in [-0.1, -0.05) is 0 Å². The van der Waals surface area contributed by atoms with Gasteiger partial charge in [0.15, 0.2) is 0 Å². The molecule has 0 aliphatic carbocycles. The van der Waals surface area contributed by atoms with Crippen LogP contribution in [0.15, 0.2) is 12.1 Å². The van der Waals surface area contributed by atoms with Gasteiger partial charge in [0.2, 0.25) is 5.91 Å². The summed E-state index contributed by atoms with van der Waals surface area (Å²) in [6.07, 6.45) is 0. The molecular formula is C9H7I2NO3. The summed E-state index contributed by atoms with van der Waals surface area (Å²) in [6.45, 7) is 1.35. The van der Waals surface area contributed by atoms with Gasteiger partial charge in [-0.15, -0.1) is 0 Å². The quantitative estimate of drug-likeness (QED) is 0.708. The molecule has 2 N–H and O–H groups in total. The number of amides is 1. The maximum Gasteiger partial charge on any atom is 0.337 e. The van der Waals surface area contributed by atoms with E-state index in [1.165, 1.54) is 13.0 Å². The van der Waals surface area contributed by atoms with Gasteiger partial charge in [0, 0.05) is 14.1 Å². The number of aromatic carboxylic acids is 1. The summed E-state index contributed by atoms with van der Waals surface area (Å²) in [5.41, 5.74) is 0.470. The fourth-order valence-corrected chi connectivity index (χ4v) is 3.02. The Morgan fingerprint density at radius 1 is 1.33 bits per heavy atom. The third kappa shape index (κ3) is 3.30. The minimum absolute atomic E-state index is 0.113. The number of hydrogen-bond donors (Lipinski definition) is 2. The zero-order chi connectivity index (χ0) is 11.6. The molecule has 0 heterocycles. The Morgan fingerprint density at radius 3 is 2.40 bits per heavy atom. The molecule has 1 rings (SSSR count). The van der Waals surface area contributed by atoms with Crippen LogP contribution < -0.4 is 5.32 Å². The number of anilines is 1. The predicted molar refractivity (Wildman–Crippen MR) is 73.1 cm³/mol. The maximum absolute atomic E-state index is 10.9. The Balaban J connectivity index is 3.33. The Morgan fingerprint density at radius 2 is 1.93 bits per heavy atom. The second-order valence-corrected chi connectivity index (χ2v) is 5.20. The highest BCUT2D eigenvalue weighted by molar-refractivity contribution is 14.1. The predicted octanol–water partition coefficient (Wildman–Crippen LogP) is 2.55. The second kappa shape index (κ2) is 5.10. The van der Waals surface area contributed by atoms with E-state index in [2.05, 4.69) is 5.32 Å². The van der Waals surface area contributed by atoms with Crippen LogP contribution in [0.5, 0.6) is 0 Å². The molecule has 0 saturated carbocycles. The first-order valence-corrected chi connectivity index (χ1v) is 6.07. The number of benzene rings is 1. The van der Waals surface area contributed by atoms with E-state index in [-0.39, 0.29) is 11.5 Å². The first kappa shape index (κ1) is 12.7. The smallest absolute Gasteiger partial charge is 0.337 e. The zero-order valence-electron chi connectivity index (χ0n) is 7.67. The van der Waals surface area contributed by atoms with Crippen LogP contribution in [0.4, 0.5) is 5.69 Å². The Labute approximate surface area is 114 Å². The molecule has 1 aromatic rings. The van der Waals surface area contributed by atoms with Gasteiger partial charge >= 0.3 is 5.97 Å². The molecule has 0 aromatic heterocycles. The van der Waals surface area contributed by atoms with Crippen LogP contribution in [-0.2, 0) is 4.79 Å². The Hall–Kier alpha value is -0.380. The van der Waals surface area contributed by atoms with Gasteiger partial charge in [0.1, 0.15) is 0 Å². The third-order valence-electron chi connectivity index (χ3n) is 1.59. The Bertz CT molecular complexity index is 432. The standard InChI is InChI=1S/C9H7I2NO3/c1-4(13)12-8-6(9(14)15)2-5(10)3-7(8)11/h2-3H,1H3,(H,12,13)(H,14,15). The zero-order valence-corrected chi connectivity index (χ0v) is 12.0. The van der Waals surface area contributed by atoms with Crippen LogP contribution in [0.1, 0.15) is 17.3 Å². The molecule has 0 fully saturated rings. The second-order valence-electron chi connectivity index (χ2n) is 2.80. The molecule has 0 aliphatic heterocycles. The van der Waals surface area contributed by atoms with Crippen molar-refractivity contribution in [3.05, 3.63) is 24.8 Å². The van der Waals surface area contributed by atoms with Crippen LogP contribution in [0, 0.1) is 7.14 Å². The first-order chi connectivity index (χ1) is 6.91. The van der Waals surface area contributed by atoms with Crippen molar-refractivity contribution in [2.45, 2.75) is 6.92 Å². The number of rotatable bonds is 2. The van der Waals surface area contributed by atoms with Crippen LogP contribution in [0.3, 0.4) is 0 Å². The summed E-state index contributed by atoms with van der Waals surface area (Å²) in [5, 5.41) is 11.5. The van der Waals surface area contributed by atoms with Crippen molar-refractivity contribution in [3.63, 3.8) is 0 Å². The molecule has 80 valence electrons. The fourth-order valence-electron chi connectivity index (χ4n) is 1.05. The number of carbonyl (C=O) groups is 2. The molecule has 1 amide bonds. The lowest BCUT2D eigenvalue weighted by Gasteiger charge is -2.09. The van der Waals surface area contributed by atoms with E-state index in [1.807, 2.05) is 45.2 Å². The van der Waals surface area contributed by atoms with Crippen molar-refractivity contribution in [2.75, 3.05) is 5.32 Å². The summed E-state index contributed by atoms with van der Waals surface area (Å²) in [5.74, 6) is -1.33. The summed E-state index contributed by atoms with van der Waals surface area (Å²) in [6, 6.07) is 3.33. The molecule has 1 aromatic carbocycles. The summed E-state index contributed by atoms with van der Waals surface area (Å²) < 4.78 is 1.54. The number of carboxylic acids is 1. The number of hydrogen-bond acceptors (Lipinski definition) is 2. The molecule has 0 spiro atoms. The Kier molecular flexibility index (Phi) is 4.32. The van der Waals surface area contributed by atoms with E-state index in [4.69, 9.17) is 5.11 Å². The molecule has 0 atom stereocenters. The fraction of sp³-hybridized carbons (Fsp3) is 0.111. The highest BCUT2D eigenvalue weighted by atomic mass is 127. The average Bonchev–Trinajstić information content (AvgIpc) is 2.08. The maximum atomic E-state index is 10.9. The first-order valence-electron chi connectivity index (χ1n) is 3.91. The topological polar surface area (TPSA) is 66.4 Å². The van der Waals surface area contributed by atoms with Gasteiger partial charge in [-0.05, 0) is 57.3 Å². The van der Waals surface area contributed by atoms with Gasteiger partial charge in [-0.2, -0.15) is 0 Å². The summed E-state index contributed by atoms with van der Waals surface area (Å²) in [4.78, 5) is 21.9. The molecule has 6 heteroatoms. The van der Waals surface area contributed by atoms with Gasteiger partial charge in [0.25, 0.3) is 0 Å². The lowest BCUT2D eigenvalue weighted by atomic mass is 10.2. The van der Waals surface area contributed by atoms with E-state index in [0.717, 1.165) is 3.57 Å². The van der Waals surface area contributed by atoms with Gasteiger partial charge in [-0.3, -0.25) is 4.79 Å². The lowest BCUT2D eigenvalue weighted by Crippen LogP contribution is -2.12. The molecular weight excluding hydrogens is 424 g/mol. The molecule has 15 heavy (non-hydrogen) atoms. The number of nitrogens with one attached hydrogen (secondary N) is 1. The monoisotopic (exact) mass is 431 g/mol. The molecule has 0 saturated heterocycles. The molecule has 0 aliphatic rings. The van der Waals surface area contributed by atoms with Gasteiger partial charge in [0.05, 0.1) is 11.3 Å². The van der Waals surface area contributed by atoms with Crippen LogP contribution in [-0.4, -0.2) is 17.0 Å². The molecule has 0 unspecified atom stereocenters. The van der Waals surface area contributed by atoms with Gasteiger partial charge < -0.3 is 10.4 Å². The van der Waals surface area contributed by atoms with Crippen molar-refractivity contribution in [2.24, 2.45) is 0 Å². The van der Waals surface area contributed by atoms with Crippen molar-refractivity contribution in [1.29, 1.82) is 0 Å². The molecule has 0 radical (unpaired) electrons. The number of carboxylic acid groups (broad SMARTS) is 1. The van der Waals surface area contributed by atoms with Crippen molar-refractivity contribution in [1.82, 2.24) is 0 Å². The van der Waals surface area contributed by atoms with Crippen LogP contribution >= 0.6 is 45.2 Å². The SMILES string of the molecule is CC(=O)Nc1c(I)cc(I)cc1C(=O)O. The molecule has 4 nitrogen and oxygen atoms in total. The summed E-state index contributed by atoms with van der Waals surface area (Å²) >= 11 is 4.03. The highest BCUT2D eigenvalue weighted by Crippen LogP contribution is 2.26. The van der Waals surface area contributed by atoms with Crippen LogP contribution in [0.25, 0.3) is 0 Å². The van der Waals surface area contributed by atoms with E-state index in [1.54, 1.807) is 6.07 Å². The van der Waals surface area contributed by atoms with E-state index in [9.17, 15) is 9.59 Å². The largest absolute Gasteiger partial charge is 0.478 e. The van der Waals surface area contributed by atoms with E-state index in [0.29, 0.717) is 9.26 Å². The normalized spacial score (nSPS) is 9.80. The minimum atomic E-state index is -1.05. The highest BCUT2D eigenvalue weighted by Gasteiger charge is 2.15.